The summed E-state index contributed by atoms with van der Waals surface area (Å²) >= 11 is 0. The zero-order valence-electron chi connectivity index (χ0n) is 11.2. The van der Waals surface area contributed by atoms with Crippen LogP contribution in [-0.2, 0) is 19.9 Å². The van der Waals surface area contributed by atoms with Crippen LogP contribution in [-0.4, -0.2) is 51.9 Å². The molecule has 0 saturated heterocycles. The van der Waals surface area contributed by atoms with Crippen LogP contribution in [0.3, 0.4) is 0 Å². The molecule has 0 spiro atoms. The van der Waals surface area contributed by atoms with Crippen LogP contribution in [0.2, 0.25) is 0 Å². The number of aliphatic hydroxyl groups is 2. The molecule has 0 amide bonds. The molecule has 0 unspecified atom stereocenters. The monoisotopic (exact) mass is 336 g/mol. The van der Waals surface area contributed by atoms with Gasteiger partial charge in [0, 0.05) is 13.0 Å². The second-order valence-electron chi connectivity index (χ2n) is 4.23. The maximum atomic E-state index is 12.1. The van der Waals surface area contributed by atoms with E-state index in [1.165, 1.54) is 12.2 Å². The number of rotatable bonds is 6. The van der Waals surface area contributed by atoms with Crippen molar-refractivity contribution in [2.45, 2.75) is 12.7 Å². The third kappa shape index (κ3) is 5.52. The molecule has 1 aliphatic heterocycles. The van der Waals surface area contributed by atoms with Gasteiger partial charge in [-0.2, -0.15) is 0 Å². The summed E-state index contributed by atoms with van der Waals surface area (Å²) in [6.07, 6.45) is 1.24. The SMILES string of the molecule is C=CC1=NC(CC(O)O)=CS(=O)(=O)C1=CCNS(C)(=O)=O. The van der Waals surface area contributed by atoms with E-state index < -0.39 is 26.2 Å². The summed E-state index contributed by atoms with van der Waals surface area (Å²) in [5, 5.41) is 18.5. The normalized spacial score (nSPS) is 20.3. The number of nitrogens with zero attached hydrogens (tertiary/aromatic N) is 1. The number of aliphatic imine (C=N–C) groups is 1. The predicted octanol–water partition coefficient (Wildman–Crippen LogP) is -0.983. The molecule has 10 heteroatoms. The first-order valence-electron chi connectivity index (χ1n) is 5.73. The molecule has 0 aromatic carbocycles. The first-order valence-corrected chi connectivity index (χ1v) is 9.17. The minimum atomic E-state index is -3.86. The number of allylic oxidation sites excluding steroid dienone is 2. The Balaban J connectivity index is 3.12. The van der Waals surface area contributed by atoms with Gasteiger partial charge in [0.05, 0.1) is 28.0 Å². The van der Waals surface area contributed by atoms with E-state index in [1.807, 2.05) is 0 Å². The number of hydrogen-bond donors (Lipinski definition) is 3. The fourth-order valence-corrected chi connectivity index (χ4v) is 3.31. The summed E-state index contributed by atoms with van der Waals surface area (Å²) < 4.78 is 48.2. The van der Waals surface area contributed by atoms with Gasteiger partial charge in [0.2, 0.25) is 19.9 Å². The molecule has 1 aliphatic rings. The molecule has 0 saturated carbocycles. The summed E-state index contributed by atoms with van der Waals surface area (Å²) in [4.78, 5) is 3.76. The van der Waals surface area contributed by atoms with Gasteiger partial charge in [-0.25, -0.2) is 21.6 Å². The van der Waals surface area contributed by atoms with Crippen molar-refractivity contribution in [3.05, 3.63) is 34.7 Å². The first-order chi connectivity index (χ1) is 9.55. The van der Waals surface area contributed by atoms with Crippen molar-refractivity contribution in [1.82, 2.24) is 4.72 Å². The topological polar surface area (TPSA) is 133 Å². The van der Waals surface area contributed by atoms with E-state index in [2.05, 4.69) is 16.3 Å². The highest BCUT2D eigenvalue weighted by atomic mass is 32.2. The fourth-order valence-electron chi connectivity index (χ4n) is 1.56. The minimum Gasteiger partial charge on any atom is -0.368 e. The van der Waals surface area contributed by atoms with Gasteiger partial charge in [-0.1, -0.05) is 6.58 Å². The molecular weight excluding hydrogens is 320 g/mol. The maximum Gasteiger partial charge on any atom is 0.208 e. The molecule has 0 aromatic heterocycles. The lowest BCUT2D eigenvalue weighted by molar-refractivity contribution is -0.0381. The van der Waals surface area contributed by atoms with Gasteiger partial charge < -0.3 is 10.2 Å². The molecule has 21 heavy (non-hydrogen) atoms. The van der Waals surface area contributed by atoms with Gasteiger partial charge in [-0.3, -0.25) is 4.99 Å². The number of sulfonamides is 1. The van der Waals surface area contributed by atoms with Gasteiger partial charge in [-0.05, 0) is 12.2 Å². The summed E-state index contributed by atoms with van der Waals surface area (Å²) in [5.41, 5.74) is -0.00317. The smallest absolute Gasteiger partial charge is 0.208 e. The van der Waals surface area contributed by atoms with E-state index in [1.54, 1.807) is 0 Å². The molecule has 118 valence electrons. The Bertz CT molecular complexity index is 714. The van der Waals surface area contributed by atoms with Gasteiger partial charge in [0.1, 0.15) is 0 Å². The highest BCUT2D eigenvalue weighted by molar-refractivity contribution is 7.99. The van der Waals surface area contributed by atoms with Crippen LogP contribution in [0.25, 0.3) is 0 Å². The standard InChI is InChI=1S/C11H16N2O6S2/c1-3-9-10(4-5-12-20(2,16)17)21(18,19)7-8(13-9)6-11(14)15/h3-4,7,11-12,14-15H,1,5-6H2,2H3. The Kier molecular flexibility index (Phi) is 5.59. The summed E-state index contributed by atoms with van der Waals surface area (Å²) in [5.74, 6) is 0. The molecule has 0 fully saturated rings. The van der Waals surface area contributed by atoms with Crippen LogP contribution in [0.15, 0.2) is 39.7 Å². The number of nitrogens with one attached hydrogen (secondary N) is 1. The Morgan fingerprint density at radius 2 is 2.10 bits per heavy atom. The van der Waals surface area contributed by atoms with E-state index in [0.717, 1.165) is 11.7 Å². The van der Waals surface area contributed by atoms with E-state index in [-0.39, 0.29) is 29.3 Å². The summed E-state index contributed by atoms with van der Waals surface area (Å²) in [7, 11) is -7.31. The van der Waals surface area contributed by atoms with Crippen molar-refractivity contribution < 1.29 is 27.0 Å². The Labute approximate surface area is 123 Å². The van der Waals surface area contributed by atoms with E-state index >= 15 is 0 Å². The molecule has 0 aliphatic carbocycles. The molecule has 1 heterocycles. The van der Waals surface area contributed by atoms with E-state index in [9.17, 15) is 16.8 Å². The van der Waals surface area contributed by atoms with Gasteiger partial charge in [0.25, 0.3) is 0 Å². The first kappa shape index (κ1) is 17.7. The second-order valence-corrected chi connectivity index (χ2v) is 7.83. The molecule has 0 radical (unpaired) electrons. The van der Waals surface area contributed by atoms with Crippen molar-refractivity contribution in [3.8, 4) is 0 Å². The van der Waals surface area contributed by atoms with Crippen LogP contribution < -0.4 is 4.72 Å². The average molecular weight is 336 g/mol. The highest BCUT2D eigenvalue weighted by Gasteiger charge is 2.25. The van der Waals surface area contributed by atoms with Crippen LogP contribution >= 0.6 is 0 Å². The third-order valence-corrected chi connectivity index (χ3v) is 4.59. The van der Waals surface area contributed by atoms with Crippen molar-refractivity contribution in [1.29, 1.82) is 0 Å². The number of sulfone groups is 1. The van der Waals surface area contributed by atoms with Crippen LogP contribution in [0.1, 0.15) is 6.42 Å². The minimum absolute atomic E-state index is 0.0171. The molecule has 0 atom stereocenters. The third-order valence-electron chi connectivity index (χ3n) is 2.33. The fraction of sp³-hybridized carbons (Fsp3) is 0.364. The van der Waals surface area contributed by atoms with Gasteiger partial charge in [-0.15, -0.1) is 0 Å². The molecule has 1 rings (SSSR count). The quantitative estimate of drug-likeness (QED) is 0.534. The number of hydrogen-bond acceptors (Lipinski definition) is 7. The predicted molar refractivity (Wildman–Crippen MR) is 78.4 cm³/mol. The molecule has 3 N–H and O–H groups in total. The Morgan fingerprint density at radius 3 is 2.57 bits per heavy atom. The van der Waals surface area contributed by atoms with Crippen LogP contribution in [0, 0.1) is 0 Å². The Hall–Kier alpha value is -1.33. The van der Waals surface area contributed by atoms with Crippen molar-refractivity contribution >= 4 is 25.6 Å². The van der Waals surface area contributed by atoms with Gasteiger partial charge >= 0.3 is 0 Å². The molecule has 8 nitrogen and oxygen atoms in total. The molecule has 0 aromatic rings. The lowest BCUT2D eigenvalue weighted by atomic mass is 10.2. The second kappa shape index (κ2) is 6.62. The average Bonchev–Trinajstić information content (AvgIpc) is 2.28. The zero-order valence-corrected chi connectivity index (χ0v) is 12.9. The number of aliphatic hydroxyl groups excluding tert-OH is 1. The van der Waals surface area contributed by atoms with Crippen molar-refractivity contribution in [3.63, 3.8) is 0 Å². The van der Waals surface area contributed by atoms with E-state index in [4.69, 9.17) is 10.2 Å². The van der Waals surface area contributed by atoms with Crippen molar-refractivity contribution in [2.24, 2.45) is 4.99 Å². The maximum absolute atomic E-state index is 12.1. The van der Waals surface area contributed by atoms with Crippen LogP contribution in [0.5, 0.6) is 0 Å². The lowest BCUT2D eigenvalue weighted by Crippen LogP contribution is -2.24. The highest BCUT2D eigenvalue weighted by Crippen LogP contribution is 2.23. The molecular formula is C11H16N2O6S2. The van der Waals surface area contributed by atoms with E-state index in [0.29, 0.717) is 0 Å². The van der Waals surface area contributed by atoms with Crippen molar-refractivity contribution in [2.75, 3.05) is 12.8 Å². The van der Waals surface area contributed by atoms with Gasteiger partial charge in [0.15, 0.2) is 6.29 Å². The van der Waals surface area contributed by atoms with Crippen LogP contribution in [0.4, 0.5) is 0 Å². The molecule has 0 bridgehead atoms. The zero-order chi connectivity index (χ0) is 16.3. The lowest BCUT2D eigenvalue weighted by Gasteiger charge is -2.15. The summed E-state index contributed by atoms with van der Waals surface area (Å²) in [6.45, 7) is 3.23. The largest absolute Gasteiger partial charge is 0.368 e. The summed E-state index contributed by atoms with van der Waals surface area (Å²) in [6, 6.07) is 0. The Morgan fingerprint density at radius 1 is 1.48 bits per heavy atom.